The monoisotopic (exact) mass is 543 g/mol. The Kier molecular flexibility index (Phi) is 17.4. The van der Waals surface area contributed by atoms with Crippen LogP contribution in [0.2, 0.25) is 0 Å². The maximum Gasteiger partial charge on any atom is 1.00 e. The van der Waals surface area contributed by atoms with Crippen molar-refractivity contribution in [2.75, 3.05) is 6.54 Å². The van der Waals surface area contributed by atoms with Crippen molar-refractivity contribution in [1.29, 1.82) is 0 Å². The van der Waals surface area contributed by atoms with E-state index in [9.17, 15) is 22.9 Å². The number of phenols is 1. The number of aromatic hydroxyl groups is 1. The van der Waals surface area contributed by atoms with E-state index in [1.807, 2.05) is 0 Å². The van der Waals surface area contributed by atoms with Crippen molar-refractivity contribution < 1.29 is 53.9 Å². The predicted molar refractivity (Wildman–Crippen MR) is 148 cm³/mol. The third-order valence-corrected chi connectivity index (χ3v) is 7.71. The summed E-state index contributed by atoms with van der Waals surface area (Å²) in [6, 6.07) is 7.28. The molecule has 0 fully saturated rings. The molecule has 2 aromatic carbocycles. The van der Waals surface area contributed by atoms with Gasteiger partial charge in [-0.25, -0.2) is 0 Å². The molecule has 37 heavy (non-hydrogen) atoms. The number of unbranched alkanes of at least 4 members (excludes halogenated alkanes) is 15. The number of fused-ring (bicyclic) bond motifs is 1. The number of rotatable bonds is 19. The molecule has 6 nitrogen and oxygen atoms in total. The Labute approximate surface area is 247 Å². The van der Waals surface area contributed by atoms with Crippen molar-refractivity contribution in [3.05, 3.63) is 35.9 Å². The van der Waals surface area contributed by atoms with E-state index < -0.39 is 16.0 Å². The van der Waals surface area contributed by atoms with Gasteiger partial charge in [0.2, 0.25) is 0 Å². The van der Waals surface area contributed by atoms with Gasteiger partial charge >= 0.3 is 29.6 Å². The van der Waals surface area contributed by atoms with Crippen LogP contribution in [-0.4, -0.2) is 30.5 Å². The number of benzene rings is 2. The molecule has 0 atom stereocenters. The molecule has 3 N–H and O–H groups in total. The van der Waals surface area contributed by atoms with E-state index >= 15 is 0 Å². The summed E-state index contributed by atoms with van der Waals surface area (Å²) in [6.45, 7) is 2.71. The minimum atomic E-state index is -4.55. The number of hydrogen-bond donors (Lipinski definition) is 3. The molecule has 0 unspecified atom stereocenters. The van der Waals surface area contributed by atoms with Gasteiger partial charge in [0, 0.05) is 17.3 Å². The summed E-state index contributed by atoms with van der Waals surface area (Å²) >= 11 is 0. The third kappa shape index (κ3) is 12.5. The Hall–Kier alpha value is -1.12. The van der Waals surface area contributed by atoms with Gasteiger partial charge in [0.05, 0.1) is 5.56 Å². The van der Waals surface area contributed by atoms with Crippen molar-refractivity contribution >= 4 is 26.8 Å². The van der Waals surface area contributed by atoms with E-state index in [-0.39, 0.29) is 58.0 Å². The average Bonchev–Trinajstić information content (AvgIpc) is 2.85. The summed E-state index contributed by atoms with van der Waals surface area (Å²) in [7, 11) is -4.55. The molecule has 0 aromatic heterocycles. The molecule has 204 valence electrons. The number of nitrogens with one attached hydrogen (secondary N) is 1. The Morgan fingerprint density at radius 2 is 1.22 bits per heavy atom. The Morgan fingerprint density at radius 3 is 1.68 bits per heavy atom. The van der Waals surface area contributed by atoms with Crippen molar-refractivity contribution in [3.63, 3.8) is 0 Å². The molecule has 0 heterocycles. The van der Waals surface area contributed by atoms with Gasteiger partial charge < -0.3 is 11.8 Å². The van der Waals surface area contributed by atoms with Crippen molar-refractivity contribution in [2.24, 2.45) is 0 Å². The van der Waals surface area contributed by atoms with Crippen LogP contribution in [0.4, 0.5) is 0 Å². The Morgan fingerprint density at radius 1 is 0.784 bits per heavy atom. The fraction of sp³-hybridized carbons (Fsp3) is 0.621. The normalized spacial score (nSPS) is 11.4. The zero-order valence-electron chi connectivity index (χ0n) is 23.9. The van der Waals surface area contributed by atoms with E-state index in [2.05, 4.69) is 12.2 Å². The van der Waals surface area contributed by atoms with E-state index in [1.54, 1.807) is 12.1 Å². The number of carbonyl (C=O) groups excluding carboxylic acids is 1. The Bertz CT molecular complexity index is 1050. The molecule has 0 radical (unpaired) electrons. The molecule has 1 amide bonds. The molecule has 2 rings (SSSR count). The van der Waals surface area contributed by atoms with Crippen LogP contribution in [-0.2, 0) is 10.1 Å². The first-order valence-corrected chi connectivity index (χ1v) is 15.3. The predicted octanol–water partition coefficient (Wildman–Crippen LogP) is 4.90. The number of phenolic OH excluding ortho intramolecular Hbond substituents is 1. The standard InChI is InChI=1S/C29H45NO5S.Na.H/c1-2-3-4-5-6-7-8-9-10-11-12-13-14-15-16-19-22-30-29(32)26-23-27(36(33,34)35)24-20-17-18-21-25(24)28(26)31;;/h17-18,20-21,23,31H,2-16,19,22H2,1H3,(H,30,32)(H,33,34,35);;/q;+1;-1. The summed E-state index contributed by atoms with van der Waals surface area (Å²) in [6.07, 6.45) is 20.4. The molecule has 0 spiro atoms. The maximum atomic E-state index is 12.6. The molecule has 0 aliphatic carbocycles. The quantitative estimate of drug-likeness (QED) is 0.133. The number of carbonyl (C=O) groups is 1. The van der Waals surface area contributed by atoms with Crippen LogP contribution in [0.15, 0.2) is 35.2 Å². The van der Waals surface area contributed by atoms with Crippen LogP contribution in [0.25, 0.3) is 10.8 Å². The fourth-order valence-corrected chi connectivity index (χ4v) is 5.41. The van der Waals surface area contributed by atoms with E-state index in [0.29, 0.717) is 6.54 Å². The first-order chi connectivity index (χ1) is 17.4. The van der Waals surface area contributed by atoms with E-state index in [1.165, 1.54) is 95.6 Å². The number of hydrogen-bond acceptors (Lipinski definition) is 4. The largest absolute Gasteiger partial charge is 1.00 e. The third-order valence-electron chi connectivity index (χ3n) is 6.82. The van der Waals surface area contributed by atoms with Crippen LogP contribution in [0.3, 0.4) is 0 Å². The first kappa shape index (κ1) is 33.9. The van der Waals surface area contributed by atoms with Crippen molar-refractivity contribution in [2.45, 2.75) is 115 Å². The molecule has 0 aliphatic heterocycles. The minimum absolute atomic E-state index is 0. The van der Waals surface area contributed by atoms with Crippen molar-refractivity contribution in [1.82, 2.24) is 5.32 Å². The second kappa shape index (κ2) is 19.0. The maximum absolute atomic E-state index is 12.6. The van der Waals surface area contributed by atoms with Gasteiger partial charge in [-0.3, -0.25) is 9.35 Å². The SMILES string of the molecule is CCCCCCCCCCCCCCCCCCNC(=O)c1cc(S(=O)(=O)O)c2ccccc2c1O.[H-].[Na+]. The molecule has 0 saturated heterocycles. The second-order valence-corrected chi connectivity index (χ2v) is 11.2. The zero-order valence-corrected chi connectivity index (χ0v) is 25.8. The summed E-state index contributed by atoms with van der Waals surface area (Å²) in [4.78, 5) is 12.2. The van der Waals surface area contributed by atoms with Gasteiger partial charge in [0.1, 0.15) is 10.6 Å². The summed E-state index contributed by atoms with van der Waals surface area (Å²) in [5.74, 6) is -0.841. The second-order valence-electron chi connectivity index (χ2n) is 9.85. The summed E-state index contributed by atoms with van der Waals surface area (Å²) in [5, 5.41) is 13.7. The summed E-state index contributed by atoms with van der Waals surface area (Å²) < 4.78 is 33.2. The zero-order chi connectivity index (χ0) is 26.2. The molecule has 2 aromatic rings. The van der Waals surface area contributed by atoms with Gasteiger partial charge in [-0.05, 0) is 12.5 Å². The topological polar surface area (TPSA) is 104 Å². The van der Waals surface area contributed by atoms with Gasteiger partial charge in [0.15, 0.2) is 0 Å². The van der Waals surface area contributed by atoms with Gasteiger partial charge in [0.25, 0.3) is 16.0 Å². The van der Waals surface area contributed by atoms with Crippen LogP contribution in [0, 0.1) is 0 Å². The molecular formula is C29H46NNaO5S. The summed E-state index contributed by atoms with van der Waals surface area (Å²) in [5.41, 5.74) is -0.155. The molecule has 8 heteroatoms. The average molecular weight is 544 g/mol. The van der Waals surface area contributed by atoms with E-state index in [0.717, 1.165) is 25.3 Å². The molecule has 0 bridgehead atoms. The van der Waals surface area contributed by atoms with Crippen LogP contribution < -0.4 is 34.9 Å². The number of amides is 1. The van der Waals surface area contributed by atoms with Crippen LogP contribution >= 0.6 is 0 Å². The van der Waals surface area contributed by atoms with Crippen LogP contribution in [0.1, 0.15) is 121 Å². The first-order valence-electron chi connectivity index (χ1n) is 13.9. The smallest absolute Gasteiger partial charge is 1.00 e. The van der Waals surface area contributed by atoms with Gasteiger partial charge in [-0.2, -0.15) is 8.42 Å². The van der Waals surface area contributed by atoms with Crippen LogP contribution in [0.5, 0.6) is 5.75 Å². The molecule has 0 aliphatic rings. The van der Waals surface area contributed by atoms with Crippen molar-refractivity contribution in [3.8, 4) is 5.75 Å². The minimum Gasteiger partial charge on any atom is -1.00 e. The van der Waals surface area contributed by atoms with Gasteiger partial charge in [-0.1, -0.05) is 128 Å². The molecular weight excluding hydrogens is 497 g/mol. The Balaban J connectivity index is 0.00000684. The van der Waals surface area contributed by atoms with Gasteiger partial charge in [-0.15, -0.1) is 0 Å². The molecule has 0 saturated carbocycles. The van der Waals surface area contributed by atoms with E-state index in [4.69, 9.17) is 0 Å². The fourth-order valence-electron chi connectivity index (χ4n) is 4.68.